The van der Waals surface area contributed by atoms with Gasteiger partial charge in [0.2, 0.25) is 0 Å². The molecule has 7 heteroatoms. The van der Waals surface area contributed by atoms with Crippen molar-refractivity contribution in [2.75, 3.05) is 6.61 Å². The van der Waals surface area contributed by atoms with Crippen molar-refractivity contribution >= 4 is 23.3 Å². The number of esters is 1. The molecule has 1 aliphatic rings. The average Bonchev–Trinajstić information content (AvgIpc) is 3.13. The van der Waals surface area contributed by atoms with Crippen LogP contribution in [-0.4, -0.2) is 27.8 Å². The smallest absolute Gasteiger partial charge is 0.358 e. The molecule has 0 saturated heterocycles. The molecule has 0 N–H and O–H groups in total. The lowest BCUT2D eigenvalue weighted by Gasteiger charge is -2.15. The molecule has 5 rings (SSSR count). The molecule has 0 unspecified atom stereocenters. The standard InChI is InChI=1S/C26H19ClFN3O2/c1-2-33-26(32)24-22-15-29-23(18-10-6-7-11-20(18)28)19-14-17(27)12-13-21(19)31(22)25(30-24)16-8-4-3-5-9-16/h3-14H,2,15H2,1H3. The van der Waals surface area contributed by atoms with Crippen molar-refractivity contribution in [2.45, 2.75) is 13.5 Å². The summed E-state index contributed by atoms with van der Waals surface area (Å²) in [5, 5.41) is 0.494. The van der Waals surface area contributed by atoms with Crippen molar-refractivity contribution in [2.24, 2.45) is 4.99 Å². The van der Waals surface area contributed by atoms with E-state index in [2.05, 4.69) is 4.98 Å². The fourth-order valence-corrected chi connectivity index (χ4v) is 4.19. The van der Waals surface area contributed by atoms with Crippen LogP contribution in [0.1, 0.15) is 34.2 Å². The SMILES string of the molecule is CCOC(=O)c1nc(-c2ccccc2)n2c1CN=C(c1ccccc1F)c1cc(Cl)ccc1-2. The Morgan fingerprint density at radius 3 is 2.58 bits per heavy atom. The zero-order chi connectivity index (χ0) is 22.9. The molecule has 0 atom stereocenters. The third-order valence-electron chi connectivity index (χ3n) is 5.44. The summed E-state index contributed by atoms with van der Waals surface area (Å²) in [6.45, 7) is 2.09. The van der Waals surface area contributed by atoms with Gasteiger partial charge in [0.05, 0.1) is 30.2 Å². The fraction of sp³-hybridized carbons (Fsp3) is 0.115. The number of carbonyl (C=O) groups is 1. The van der Waals surface area contributed by atoms with Crippen LogP contribution in [0.25, 0.3) is 17.1 Å². The van der Waals surface area contributed by atoms with Gasteiger partial charge in [0, 0.05) is 21.7 Å². The molecule has 33 heavy (non-hydrogen) atoms. The molecule has 0 radical (unpaired) electrons. The van der Waals surface area contributed by atoms with Crippen LogP contribution >= 0.6 is 11.6 Å². The monoisotopic (exact) mass is 459 g/mol. The summed E-state index contributed by atoms with van der Waals surface area (Å²) < 4.78 is 22.0. The number of hydrogen-bond donors (Lipinski definition) is 0. The van der Waals surface area contributed by atoms with Crippen LogP contribution in [0.3, 0.4) is 0 Å². The number of halogens is 2. The third-order valence-corrected chi connectivity index (χ3v) is 5.68. The highest BCUT2D eigenvalue weighted by atomic mass is 35.5. The van der Waals surface area contributed by atoms with E-state index >= 15 is 0 Å². The van der Waals surface area contributed by atoms with Crippen molar-refractivity contribution in [3.8, 4) is 17.1 Å². The van der Waals surface area contributed by atoms with Gasteiger partial charge in [-0.15, -0.1) is 0 Å². The van der Waals surface area contributed by atoms with E-state index in [1.54, 1.807) is 37.3 Å². The number of fused-ring (bicyclic) bond motifs is 3. The van der Waals surface area contributed by atoms with Gasteiger partial charge in [-0.25, -0.2) is 14.2 Å². The Hall–Kier alpha value is -3.77. The summed E-state index contributed by atoms with van der Waals surface area (Å²) in [4.78, 5) is 22.2. The lowest BCUT2D eigenvalue weighted by Crippen LogP contribution is -2.10. The summed E-state index contributed by atoms with van der Waals surface area (Å²) in [5.41, 5.74) is 3.76. The third kappa shape index (κ3) is 3.72. The van der Waals surface area contributed by atoms with Crippen LogP contribution in [0.5, 0.6) is 0 Å². The quantitative estimate of drug-likeness (QED) is 0.359. The van der Waals surface area contributed by atoms with E-state index in [9.17, 15) is 9.18 Å². The molecule has 0 bridgehead atoms. The highest BCUT2D eigenvalue weighted by Crippen LogP contribution is 2.34. The van der Waals surface area contributed by atoms with Crippen LogP contribution in [0.4, 0.5) is 4.39 Å². The Morgan fingerprint density at radius 1 is 1.06 bits per heavy atom. The molecule has 3 aromatic carbocycles. The number of ether oxygens (including phenoxy) is 1. The van der Waals surface area contributed by atoms with Crippen LogP contribution < -0.4 is 0 Å². The zero-order valence-electron chi connectivity index (χ0n) is 17.8. The van der Waals surface area contributed by atoms with Gasteiger partial charge in [-0.1, -0.05) is 54.1 Å². The minimum absolute atomic E-state index is 0.115. The predicted octanol–water partition coefficient (Wildman–Crippen LogP) is 5.86. The molecule has 0 spiro atoms. The topological polar surface area (TPSA) is 56.5 Å². The lowest BCUT2D eigenvalue weighted by atomic mass is 10.00. The second-order valence-corrected chi connectivity index (χ2v) is 7.90. The summed E-state index contributed by atoms with van der Waals surface area (Å²) in [7, 11) is 0. The zero-order valence-corrected chi connectivity index (χ0v) is 18.5. The van der Waals surface area contributed by atoms with E-state index in [-0.39, 0.29) is 24.7 Å². The maximum atomic E-state index is 14.8. The van der Waals surface area contributed by atoms with E-state index in [1.807, 2.05) is 41.0 Å². The van der Waals surface area contributed by atoms with E-state index in [0.717, 1.165) is 5.56 Å². The number of rotatable bonds is 4. The van der Waals surface area contributed by atoms with Gasteiger partial charge in [-0.05, 0) is 37.3 Å². The van der Waals surface area contributed by atoms with Crippen molar-refractivity contribution in [3.05, 3.63) is 106 Å². The Morgan fingerprint density at radius 2 is 1.82 bits per heavy atom. The van der Waals surface area contributed by atoms with Crippen molar-refractivity contribution in [3.63, 3.8) is 0 Å². The molecular weight excluding hydrogens is 441 g/mol. The molecule has 1 aliphatic heterocycles. The second-order valence-electron chi connectivity index (χ2n) is 7.46. The number of nitrogens with zero attached hydrogens (tertiary/aromatic N) is 3. The van der Waals surface area contributed by atoms with Gasteiger partial charge in [-0.2, -0.15) is 0 Å². The molecule has 0 aliphatic carbocycles. The van der Waals surface area contributed by atoms with Crippen molar-refractivity contribution in [1.29, 1.82) is 0 Å². The van der Waals surface area contributed by atoms with Crippen molar-refractivity contribution in [1.82, 2.24) is 9.55 Å². The van der Waals surface area contributed by atoms with E-state index < -0.39 is 5.97 Å². The molecule has 5 nitrogen and oxygen atoms in total. The molecule has 2 heterocycles. The summed E-state index contributed by atoms with van der Waals surface area (Å²) in [6.07, 6.45) is 0. The van der Waals surface area contributed by atoms with E-state index in [0.29, 0.717) is 39.1 Å². The Balaban J connectivity index is 1.82. The minimum Gasteiger partial charge on any atom is -0.461 e. The molecule has 1 aromatic heterocycles. The molecule has 0 amide bonds. The normalized spacial score (nSPS) is 12.4. The van der Waals surface area contributed by atoms with Crippen LogP contribution in [0.2, 0.25) is 5.02 Å². The molecular formula is C26H19ClFN3O2. The van der Waals surface area contributed by atoms with Gasteiger partial charge in [-0.3, -0.25) is 9.56 Å². The molecule has 164 valence electrons. The molecule has 0 fully saturated rings. The van der Waals surface area contributed by atoms with E-state index in [4.69, 9.17) is 21.3 Å². The lowest BCUT2D eigenvalue weighted by molar-refractivity contribution is 0.0518. The Bertz CT molecular complexity index is 1400. The largest absolute Gasteiger partial charge is 0.461 e. The number of carbonyl (C=O) groups excluding carboxylic acids is 1. The maximum Gasteiger partial charge on any atom is 0.358 e. The number of aliphatic imine (C=N–C) groups is 1. The first-order valence-electron chi connectivity index (χ1n) is 10.5. The van der Waals surface area contributed by atoms with Crippen LogP contribution in [0, 0.1) is 5.82 Å². The number of hydrogen-bond acceptors (Lipinski definition) is 4. The summed E-state index contributed by atoms with van der Waals surface area (Å²) in [5.74, 6) is -0.341. The fourth-order valence-electron chi connectivity index (χ4n) is 4.02. The second kappa shape index (κ2) is 8.64. The van der Waals surface area contributed by atoms with Gasteiger partial charge >= 0.3 is 5.97 Å². The predicted molar refractivity (Wildman–Crippen MR) is 126 cm³/mol. The van der Waals surface area contributed by atoms with Gasteiger partial charge in [0.1, 0.15) is 11.6 Å². The van der Waals surface area contributed by atoms with E-state index in [1.165, 1.54) is 6.07 Å². The first kappa shape index (κ1) is 21.1. The van der Waals surface area contributed by atoms with Crippen molar-refractivity contribution < 1.29 is 13.9 Å². The van der Waals surface area contributed by atoms with Gasteiger partial charge in [0.15, 0.2) is 5.69 Å². The van der Waals surface area contributed by atoms with Crippen LogP contribution in [0.15, 0.2) is 77.8 Å². The maximum absolute atomic E-state index is 14.8. The number of imidazole rings is 1. The Labute approximate surface area is 195 Å². The first-order chi connectivity index (χ1) is 16.1. The highest BCUT2D eigenvalue weighted by molar-refractivity contribution is 6.31. The number of benzene rings is 3. The average molecular weight is 460 g/mol. The summed E-state index contributed by atoms with van der Waals surface area (Å²) in [6, 6.07) is 21.4. The molecule has 4 aromatic rings. The highest BCUT2D eigenvalue weighted by Gasteiger charge is 2.29. The number of aromatic nitrogens is 2. The minimum atomic E-state index is -0.525. The van der Waals surface area contributed by atoms with Gasteiger partial charge < -0.3 is 4.74 Å². The first-order valence-corrected chi connectivity index (χ1v) is 10.9. The van der Waals surface area contributed by atoms with Crippen LogP contribution in [-0.2, 0) is 11.3 Å². The summed E-state index contributed by atoms with van der Waals surface area (Å²) >= 11 is 6.36. The van der Waals surface area contributed by atoms with Gasteiger partial charge in [0.25, 0.3) is 0 Å². The molecule has 0 saturated carbocycles. The Kier molecular flexibility index (Phi) is 5.52.